The highest BCUT2D eigenvalue weighted by Gasteiger charge is 2.58. The van der Waals surface area contributed by atoms with Crippen LogP contribution < -0.4 is 0 Å². The predicted molar refractivity (Wildman–Crippen MR) is 113 cm³/mol. The number of nitrogens with zero attached hydrogens (tertiary/aromatic N) is 4. The average Bonchev–Trinajstić information content (AvgIpc) is 3.46. The van der Waals surface area contributed by atoms with Crippen LogP contribution in [0.25, 0.3) is 0 Å². The fraction of sp³-hybridized carbons (Fsp3) is 0.333. The molecule has 2 fully saturated rings. The van der Waals surface area contributed by atoms with E-state index in [2.05, 4.69) is 10.1 Å². The van der Waals surface area contributed by atoms with Crippen LogP contribution in [-0.2, 0) is 16.6 Å². The van der Waals surface area contributed by atoms with E-state index in [-0.39, 0.29) is 30.0 Å². The van der Waals surface area contributed by atoms with Crippen molar-refractivity contribution in [1.29, 1.82) is 0 Å². The highest BCUT2D eigenvalue weighted by molar-refractivity contribution is 5.94. The number of likely N-dealkylation sites (tertiary alicyclic amines) is 2. The average molecular weight is 434 g/mol. The van der Waals surface area contributed by atoms with Gasteiger partial charge in [-0.15, -0.1) is 0 Å². The van der Waals surface area contributed by atoms with Gasteiger partial charge in [0.2, 0.25) is 11.8 Å². The fourth-order valence-electron chi connectivity index (χ4n) is 4.91. The normalized spacial score (nSPS) is 22.2. The second kappa shape index (κ2) is 7.85. The van der Waals surface area contributed by atoms with E-state index in [1.807, 2.05) is 23.1 Å². The maximum Gasteiger partial charge on any atom is 0.253 e. The number of carbonyl (C=O) groups excluding carboxylic acids is 2. The number of carbonyl (C=O) groups is 2. The molecule has 2 aromatic carbocycles. The monoisotopic (exact) mass is 434 g/mol. The first-order valence-corrected chi connectivity index (χ1v) is 10.6. The van der Waals surface area contributed by atoms with Gasteiger partial charge < -0.3 is 14.3 Å². The molecular weight excluding hydrogens is 411 g/mol. The molecule has 32 heavy (non-hydrogen) atoms. The number of amides is 2. The van der Waals surface area contributed by atoms with Crippen LogP contribution in [0.4, 0.5) is 4.39 Å². The lowest BCUT2D eigenvalue weighted by Gasteiger charge is -2.26. The Morgan fingerprint density at radius 2 is 1.84 bits per heavy atom. The molecule has 1 aromatic heterocycles. The van der Waals surface area contributed by atoms with Crippen LogP contribution in [0.5, 0.6) is 0 Å². The third-order valence-corrected chi connectivity index (χ3v) is 6.47. The first-order valence-electron chi connectivity index (χ1n) is 10.6. The number of aromatic nitrogens is 2. The fourth-order valence-corrected chi connectivity index (χ4v) is 4.91. The number of hydrogen-bond acceptors (Lipinski definition) is 5. The first-order chi connectivity index (χ1) is 15.4. The molecule has 2 atom stereocenters. The van der Waals surface area contributed by atoms with Gasteiger partial charge in [0.15, 0.2) is 5.82 Å². The summed E-state index contributed by atoms with van der Waals surface area (Å²) in [6.45, 7) is 3.51. The SMILES string of the molecule is Cc1noc(C23CN(C(=O)Cc4cccc(F)c4)CC2CN(C(=O)c2ccccc2)C3)n1. The Bertz CT molecular complexity index is 1160. The molecule has 5 rings (SSSR count). The number of fused-ring (bicyclic) bond motifs is 1. The number of hydrogen-bond donors (Lipinski definition) is 0. The van der Waals surface area contributed by atoms with Crippen molar-refractivity contribution >= 4 is 11.8 Å². The second-order valence-electron chi connectivity index (χ2n) is 8.63. The highest BCUT2D eigenvalue weighted by atomic mass is 19.1. The van der Waals surface area contributed by atoms with Gasteiger partial charge in [0, 0.05) is 37.7 Å². The van der Waals surface area contributed by atoms with Crippen LogP contribution in [0.15, 0.2) is 59.1 Å². The van der Waals surface area contributed by atoms with Crippen molar-refractivity contribution in [2.45, 2.75) is 18.8 Å². The number of benzene rings is 2. The van der Waals surface area contributed by atoms with E-state index in [1.165, 1.54) is 12.1 Å². The van der Waals surface area contributed by atoms with Crippen molar-refractivity contribution < 1.29 is 18.5 Å². The summed E-state index contributed by atoms with van der Waals surface area (Å²) in [4.78, 5) is 34.2. The van der Waals surface area contributed by atoms with Crippen LogP contribution in [0.1, 0.15) is 27.6 Å². The van der Waals surface area contributed by atoms with Gasteiger partial charge in [0.1, 0.15) is 5.82 Å². The van der Waals surface area contributed by atoms with E-state index in [1.54, 1.807) is 36.1 Å². The zero-order chi connectivity index (χ0) is 22.3. The summed E-state index contributed by atoms with van der Waals surface area (Å²) < 4.78 is 19.1. The molecule has 0 bridgehead atoms. The van der Waals surface area contributed by atoms with E-state index in [9.17, 15) is 14.0 Å². The van der Waals surface area contributed by atoms with Gasteiger partial charge in [-0.2, -0.15) is 4.98 Å². The van der Waals surface area contributed by atoms with Crippen LogP contribution >= 0.6 is 0 Å². The molecular formula is C24H23FN4O3. The first kappa shape index (κ1) is 20.4. The molecule has 0 N–H and O–H groups in total. The summed E-state index contributed by atoms with van der Waals surface area (Å²) in [5.41, 5.74) is 0.655. The smallest absolute Gasteiger partial charge is 0.253 e. The van der Waals surface area contributed by atoms with Gasteiger partial charge in [-0.1, -0.05) is 35.5 Å². The Balaban J connectivity index is 1.39. The van der Waals surface area contributed by atoms with Crippen LogP contribution in [0.3, 0.4) is 0 Å². The predicted octanol–water partition coefficient (Wildman–Crippen LogP) is 2.61. The Kier molecular flexibility index (Phi) is 5.00. The van der Waals surface area contributed by atoms with Crippen LogP contribution in [-0.4, -0.2) is 57.9 Å². The van der Waals surface area contributed by atoms with Crippen molar-refractivity contribution in [3.8, 4) is 0 Å². The Hall–Kier alpha value is -3.55. The van der Waals surface area contributed by atoms with Crippen molar-refractivity contribution in [2.75, 3.05) is 26.2 Å². The van der Waals surface area contributed by atoms with Gasteiger partial charge in [0.05, 0.1) is 11.8 Å². The van der Waals surface area contributed by atoms with Crippen LogP contribution in [0.2, 0.25) is 0 Å². The maximum absolute atomic E-state index is 13.5. The molecule has 2 unspecified atom stereocenters. The Labute approximate surface area is 184 Å². The zero-order valence-corrected chi connectivity index (χ0v) is 17.7. The summed E-state index contributed by atoms with van der Waals surface area (Å²) in [6.07, 6.45) is 0.121. The molecule has 7 nitrogen and oxygen atoms in total. The minimum atomic E-state index is -0.608. The summed E-state index contributed by atoms with van der Waals surface area (Å²) in [5.74, 6) is 0.470. The topological polar surface area (TPSA) is 79.5 Å². The molecule has 2 amide bonds. The van der Waals surface area contributed by atoms with E-state index in [0.29, 0.717) is 49.0 Å². The van der Waals surface area contributed by atoms with Gasteiger partial charge >= 0.3 is 0 Å². The summed E-state index contributed by atoms with van der Waals surface area (Å²) >= 11 is 0. The van der Waals surface area contributed by atoms with Crippen molar-refractivity contribution in [3.63, 3.8) is 0 Å². The third kappa shape index (κ3) is 3.55. The lowest BCUT2D eigenvalue weighted by molar-refractivity contribution is -0.129. The van der Waals surface area contributed by atoms with E-state index >= 15 is 0 Å². The molecule has 3 aromatic rings. The largest absolute Gasteiger partial charge is 0.341 e. The quantitative estimate of drug-likeness (QED) is 0.631. The van der Waals surface area contributed by atoms with Crippen molar-refractivity contribution in [2.24, 2.45) is 5.92 Å². The molecule has 2 aliphatic rings. The lowest BCUT2D eigenvalue weighted by atomic mass is 9.81. The van der Waals surface area contributed by atoms with E-state index in [4.69, 9.17) is 4.52 Å². The molecule has 0 saturated carbocycles. The maximum atomic E-state index is 13.5. The molecule has 164 valence electrons. The van der Waals surface area contributed by atoms with Crippen molar-refractivity contribution in [1.82, 2.24) is 19.9 Å². The zero-order valence-electron chi connectivity index (χ0n) is 17.7. The van der Waals surface area contributed by atoms with Gasteiger partial charge in [-0.3, -0.25) is 9.59 Å². The number of aryl methyl sites for hydroxylation is 1. The molecule has 2 saturated heterocycles. The second-order valence-corrected chi connectivity index (χ2v) is 8.63. The lowest BCUT2D eigenvalue weighted by Crippen LogP contribution is -2.41. The molecule has 0 aliphatic carbocycles. The minimum absolute atomic E-state index is 0.0218. The summed E-state index contributed by atoms with van der Waals surface area (Å²) in [5, 5.41) is 3.96. The molecule has 2 aliphatic heterocycles. The standard InChI is InChI=1S/C24H23FN4O3/c1-16-26-23(32-27-16)24-14-28(21(30)11-17-6-5-9-20(25)10-17)12-19(24)13-29(15-24)22(31)18-7-3-2-4-8-18/h2-10,19H,11-15H2,1H3. The molecule has 8 heteroatoms. The van der Waals surface area contributed by atoms with E-state index in [0.717, 1.165) is 0 Å². The van der Waals surface area contributed by atoms with Crippen LogP contribution in [0, 0.1) is 18.7 Å². The van der Waals surface area contributed by atoms with Gasteiger partial charge in [0.25, 0.3) is 5.91 Å². The molecule has 0 radical (unpaired) electrons. The third-order valence-electron chi connectivity index (χ3n) is 6.47. The summed E-state index contributed by atoms with van der Waals surface area (Å²) in [6, 6.07) is 15.2. The van der Waals surface area contributed by atoms with Crippen molar-refractivity contribution in [3.05, 3.63) is 83.3 Å². The van der Waals surface area contributed by atoms with Gasteiger partial charge in [-0.25, -0.2) is 4.39 Å². The molecule has 0 spiro atoms. The Morgan fingerprint density at radius 1 is 1.09 bits per heavy atom. The minimum Gasteiger partial charge on any atom is -0.341 e. The Morgan fingerprint density at radius 3 is 2.56 bits per heavy atom. The highest BCUT2D eigenvalue weighted by Crippen LogP contribution is 2.44. The van der Waals surface area contributed by atoms with Gasteiger partial charge in [-0.05, 0) is 36.8 Å². The molecule has 3 heterocycles. The summed E-state index contributed by atoms with van der Waals surface area (Å²) in [7, 11) is 0. The van der Waals surface area contributed by atoms with E-state index < -0.39 is 5.41 Å². The number of halogens is 1. The number of rotatable bonds is 4.